The number of rotatable bonds is 4. The minimum atomic E-state index is -1.06. The molecule has 0 amide bonds. The maximum Gasteiger partial charge on any atom is 0.122 e. The van der Waals surface area contributed by atoms with Gasteiger partial charge in [0.1, 0.15) is 5.75 Å². The van der Waals surface area contributed by atoms with E-state index in [1.54, 1.807) is 20.1 Å². The highest BCUT2D eigenvalue weighted by atomic mass is 79.9. The van der Waals surface area contributed by atoms with E-state index in [1.165, 1.54) is 0 Å². The zero-order valence-corrected chi connectivity index (χ0v) is 13.7. The second-order valence-electron chi connectivity index (χ2n) is 4.89. The molecule has 0 aliphatic rings. The van der Waals surface area contributed by atoms with Gasteiger partial charge in [-0.15, -0.1) is 0 Å². The number of ether oxygens (including phenoxy) is 1. The van der Waals surface area contributed by atoms with Crippen LogP contribution in [0.2, 0.25) is 5.02 Å². The Morgan fingerprint density at radius 2 is 1.95 bits per heavy atom. The molecule has 0 aliphatic heterocycles. The predicted molar refractivity (Wildman–Crippen MR) is 85.4 cm³/mol. The van der Waals surface area contributed by atoms with Crippen LogP contribution in [0.15, 0.2) is 46.9 Å². The van der Waals surface area contributed by atoms with E-state index in [9.17, 15) is 5.11 Å². The van der Waals surface area contributed by atoms with E-state index in [2.05, 4.69) is 15.9 Å². The number of methoxy groups -OCH3 is 1. The highest BCUT2D eigenvalue weighted by molar-refractivity contribution is 9.10. The van der Waals surface area contributed by atoms with Crippen molar-refractivity contribution in [1.29, 1.82) is 0 Å². The standard InChI is InChI=1S/C16H16BrClO2/c1-16(19,13-5-3-4-6-14(13)18)10-11-9-12(17)7-8-15(11)20-2/h3-9,19H,10H2,1-2H3. The van der Waals surface area contributed by atoms with Gasteiger partial charge in [0.2, 0.25) is 0 Å². The summed E-state index contributed by atoms with van der Waals surface area (Å²) < 4.78 is 6.29. The average Bonchev–Trinajstić information content (AvgIpc) is 2.39. The van der Waals surface area contributed by atoms with Crippen LogP contribution in [-0.4, -0.2) is 12.2 Å². The highest BCUT2D eigenvalue weighted by Gasteiger charge is 2.27. The second kappa shape index (κ2) is 6.17. The Kier molecular flexibility index (Phi) is 4.74. The van der Waals surface area contributed by atoms with E-state index in [0.717, 1.165) is 15.8 Å². The molecule has 2 rings (SSSR count). The molecule has 0 aliphatic carbocycles. The number of benzene rings is 2. The van der Waals surface area contributed by atoms with Crippen molar-refractivity contribution >= 4 is 27.5 Å². The summed E-state index contributed by atoms with van der Waals surface area (Å²) in [5, 5.41) is 11.3. The van der Waals surface area contributed by atoms with Gasteiger partial charge < -0.3 is 9.84 Å². The molecule has 0 saturated heterocycles. The van der Waals surface area contributed by atoms with E-state index >= 15 is 0 Å². The minimum absolute atomic E-state index is 0.416. The first-order valence-corrected chi connectivity index (χ1v) is 7.41. The molecule has 1 atom stereocenters. The monoisotopic (exact) mass is 354 g/mol. The summed E-state index contributed by atoms with van der Waals surface area (Å²) in [6.07, 6.45) is 0.416. The Hall–Kier alpha value is -1.03. The van der Waals surface area contributed by atoms with Crippen LogP contribution < -0.4 is 4.74 Å². The first-order chi connectivity index (χ1) is 9.44. The summed E-state index contributed by atoms with van der Waals surface area (Å²) in [5.41, 5.74) is 0.572. The van der Waals surface area contributed by atoms with E-state index < -0.39 is 5.60 Å². The molecule has 20 heavy (non-hydrogen) atoms. The lowest BCUT2D eigenvalue weighted by molar-refractivity contribution is 0.0571. The fraction of sp³-hybridized carbons (Fsp3) is 0.250. The molecule has 0 aromatic heterocycles. The molecule has 0 fully saturated rings. The number of hydrogen-bond acceptors (Lipinski definition) is 2. The van der Waals surface area contributed by atoms with Gasteiger partial charge in [0, 0.05) is 21.5 Å². The van der Waals surface area contributed by atoms with Crippen LogP contribution >= 0.6 is 27.5 Å². The van der Waals surface area contributed by atoms with E-state index in [1.807, 2.05) is 36.4 Å². The lowest BCUT2D eigenvalue weighted by Gasteiger charge is -2.26. The lowest BCUT2D eigenvalue weighted by Crippen LogP contribution is -2.25. The van der Waals surface area contributed by atoms with Gasteiger partial charge in [-0.1, -0.05) is 45.7 Å². The lowest BCUT2D eigenvalue weighted by atomic mass is 9.88. The van der Waals surface area contributed by atoms with Gasteiger partial charge in [0.25, 0.3) is 0 Å². The summed E-state index contributed by atoms with van der Waals surface area (Å²) in [6.45, 7) is 1.76. The summed E-state index contributed by atoms with van der Waals surface area (Å²) in [4.78, 5) is 0. The van der Waals surface area contributed by atoms with Gasteiger partial charge in [-0.05, 0) is 36.8 Å². The normalized spacial score (nSPS) is 13.8. The van der Waals surface area contributed by atoms with Gasteiger partial charge in [-0.3, -0.25) is 0 Å². The first-order valence-electron chi connectivity index (χ1n) is 6.24. The van der Waals surface area contributed by atoms with Gasteiger partial charge in [-0.25, -0.2) is 0 Å². The summed E-state index contributed by atoms with van der Waals surface area (Å²) in [5.74, 6) is 0.750. The zero-order valence-electron chi connectivity index (χ0n) is 11.4. The van der Waals surface area contributed by atoms with Crippen LogP contribution in [0, 0.1) is 0 Å². The molecule has 2 aromatic rings. The summed E-state index contributed by atoms with van der Waals surface area (Å²) in [6, 6.07) is 13.1. The SMILES string of the molecule is COc1ccc(Br)cc1CC(C)(O)c1ccccc1Cl. The van der Waals surface area contributed by atoms with Crippen molar-refractivity contribution in [2.24, 2.45) is 0 Å². The van der Waals surface area contributed by atoms with Crippen molar-refractivity contribution in [1.82, 2.24) is 0 Å². The molecule has 0 spiro atoms. The molecule has 0 saturated carbocycles. The smallest absolute Gasteiger partial charge is 0.122 e. The Labute approximate surface area is 132 Å². The molecule has 1 N–H and O–H groups in total. The first kappa shape index (κ1) is 15.4. The summed E-state index contributed by atoms with van der Waals surface area (Å²) in [7, 11) is 1.62. The van der Waals surface area contributed by atoms with Crippen molar-refractivity contribution in [3.8, 4) is 5.75 Å². The maximum absolute atomic E-state index is 10.8. The fourth-order valence-electron chi connectivity index (χ4n) is 2.25. The minimum Gasteiger partial charge on any atom is -0.496 e. The molecule has 0 bridgehead atoms. The van der Waals surface area contributed by atoms with Crippen LogP contribution in [0.3, 0.4) is 0 Å². The Morgan fingerprint density at radius 1 is 1.25 bits per heavy atom. The molecule has 4 heteroatoms. The van der Waals surface area contributed by atoms with Crippen molar-refractivity contribution in [2.75, 3.05) is 7.11 Å². The Balaban J connectivity index is 2.38. The van der Waals surface area contributed by atoms with Gasteiger partial charge in [0.15, 0.2) is 0 Å². The zero-order chi connectivity index (χ0) is 14.8. The van der Waals surface area contributed by atoms with Crippen LogP contribution in [0.5, 0.6) is 5.75 Å². The molecule has 2 aromatic carbocycles. The van der Waals surface area contributed by atoms with Crippen LogP contribution in [-0.2, 0) is 12.0 Å². The molecule has 2 nitrogen and oxygen atoms in total. The quantitative estimate of drug-likeness (QED) is 0.871. The van der Waals surface area contributed by atoms with Crippen molar-refractivity contribution in [2.45, 2.75) is 18.9 Å². The molecule has 106 valence electrons. The average molecular weight is 356 g/mol. The van der Waals surface area contributed by atoms with Crippen molar-refractivity contribution in [3.05, 3.63) is 63.1 Å². The van der Waals surface area contributed by atoms with Crippen LogP contribution in [0.1, 0.15) is 18.1 Å². The van der Waals surface area contributed by atoms with Crippen LogP contribution in [0.25, 0.3) is 0 Å². The third kappa shape index (κ3) is 3.35. The van der Waals surface area contributed by atoms with Gasteiger partial charge in [0.05, 0.1) is 12.7 Å². The number of hydrogen-bond donors (Lipinski definition) is 1. The topological polar surface area (TPSA) is 29.5 Å². The predicted octanol–water partition coefficient (Wildman–Crippen LogP) is 4.56. The van der Waals surface area contributed by atoms with E-state index in [0.29, 0.717) is 17.0 Å². The van der Waals surface area contributed by atoms with E-state index in [-0.39, 0.29) is 0 Å². The molecular formula is C16H16BrClO2. The Morgan fingerprint density at radius 3 is 2.60 bits per heavy atom. The summed E-state index contributed by atoms with van der Waals surface area (Å²) >= 11 is 9.62. The van der Waals surface area contributed by atoms with Crippen molar-refractivity contribution < 1.29 is 9.84 Å². The highest BCUT2D eigenvalue weighted by Crippen LogP contribution is 2.34. The third-order valence-corrected chi connectivity index (χ3v) is 4.05. The molecule has 0 radical (unpaired) electrons. The maximum atomic E-state index is 10.8. The van der Waals surface area contributed by atoms with Gasteiger partial charge >= 0.3 is 0 Å². The number of aliphatic hydroxyl groups is 1. The van der Waals surface area contributed by atoms with E-state index in [4.69, 9.17) is 16.3 Å². The molecule has 0 heterocycles. The molecule has 1 unspecified atom stereocenters. The van der Waals surface area contributed by atoms with Crippen LogP contribution in [0.4, 0.5) is 0 Å². The Bertz CT molecular complexity index is 611. The number of halogens is 2. The fourth-order valence-corrected chi connectivity index (χ4v) is 3.00. The second-order valence-corrected chi connectivity index (χ2v) is 6.21. The van der Waals surface area contributed by atoms with Crippen molar-refractivity contribution in [3.63, 3.8) is 0 Å². The largest absolute Gasteiger partial charge is 0.496 e. The third-order valence-electron chi connectivity index (χ3n) is 3.23. The van der Waals surface area contributed by atoms with Gasteiger partial charge in [-0.2, -0.15) is 0 Å². The molecular weight excluding hydrogens is 340 g/mol.